The minimum Gasteiger partial charge on any atom is -0.481 e. The number of likely N-dealkylation sites (N-methyl/N-ethyl adjacent to an activating group) is 1. The molecule has 0 heterocycles. The molecule has 0 radical (unpaired) electrons. The fraction of sp³-hybridized carbons (Fsp3) is 0.778. The topological polar surface area (TPSA) is 21.3 Å². The molecule has 78 valence electrons. The third-order valence-electron chi connectivity index (χ3n) is 1.67. The summed E-state index contributed by atoms with van der Waals surface area (Å²) < 4.78 is 5.18. The highest BCUT2D eigenvalue weighted by Gasteiger charge is 2.09. The van der Waals surface area contributed by atoms with Crippen molar-refractivity contribution in [1.82, 2.24) is 5.32 Å². The highest BCUT2D eigenvalue weighted by molar-refractivity contribution is 6.35. The van der Waals surface area contributed by atoms with Gasteiger partial charge in [-0.2, -0.15) is 0 Å². The maximum Gasteiger partial charge on any atom is 0.198 e. The Bertz CT molecular complexity index is 160. The summed E-state index contributed by atoms with van der Waals surface area (Å²) in [4.78, 5) is 0. The van der Waals surface area contributed by atoms with Gasteiger partial charge in [0.2, 0.25) is 0 Å². The van der Waals surface area contributed by atoms with Crippen LogP contribution in [-0.2, 0) is 4.74 Å². The number of nitrogens with one attached hydrogen (secondary N) is 1. The van der Waals surface area contributed by atoms with Gasteiger partial charge >= 0.3 is 0 Å². The lowest BCUT2D eigenvalue weighted by Crippen LogP contribution is -2.31. The van der Waals surface area contributed by atoms with Crippen LogP contribution in [0, 0.1) is 5.92 Å². The fourth-order valence-electron chi connectivity index (χ4n) is 1.05. The molecule has 0 fully saturated rings. The molecule has 0 aromatic rings. The third kappa shape index (κ3) is 7.17. The Hall–Kier alpha value is 0.0800. The lowest BCUT2D eigenvalue weighted by molar-refractivity contribution is 0.191. The molecule has 0 unspecified atom stereocenters. The van der Waals surface area contributed by atoms with E-state index in [0.29, 0.717) is 18.6 Å². The predicted octanol–water partition coefficient (Wildman–Crippen LogP) is 2.91. The third-order valence-corrected chi connectivity index (χ3v) is 2.20. The number of hydrogen-bond donors (Lipinski definition) is 1. The molecule has 4 heteroatoms. The second kappa shape index (κ2) is 7.48. The zero-order chi connectivity index (χ0) is 10.3. The summed E-state index contributed by atoms with van der Waals surface area (Å²) in [5.74, 6) is 0.639. The van der Waals surface area contributed by atoms with Crippen molar-refractivity contribution in [2.75, 3.05) is 13.7 Å². The van der Waals surface area contributed by atoms with Gasteiger partial charge < -0.3 is 10.1 Å². The summed E-state index contributed by atoms with van der Waals surface area (Å²) in [6, 6.07) is 0.324. The van der Waals surface area contributed by atoms with E-state index in [1.54, 1.807) is 0 Å². The van der Waals surface area contributed by atoms with Gasteiger partial charge in [-0.3, -0.25) is 0 Å². The van der Waals surface area contributed by atoms with Crippen LogP contribution in [0.3, 0.4) is 0 Å². The summed E-state index contributed by atoms with van der Waals surface area (Å²) in [5.41, 5.74) is 1.23. The van der Waals surface area contributed by atoms with E-state index >= 15 is 0 Å². The summed E-state index contributed by atoms with van der Waals surface area (Å²) in [6.45, 7) is 4.89. The van der Waals surface area contributed by atoms with Gasteiger partial charge in [-0.25, -0.2) is 0 Å². The summed E-state index contributed by atoms with van der Waals surface area (Å²) in [7, 11) is 1.91. The fourth-order valence-corrected chi connectivity index (χ4v) is 1.18. The van der Waals surface area contributed by atoms with Gasteiger partial charge in [0.15, 0.2) is 5.22 Å². The van der Waals surface area contributed by atoms with Gasteiger partial charge in [0.05, 0.1) is 5.54 Å². The van der Waals surface area contributed by atoms with E-state index in [1.807, 2.05) is 7.05 Å². The normalized spacial score (nSPS) is 14.8. The van der Waals surface area contributed by atoms with E-state index in [0.717, 1.165) is 6.42 Å². The van der Waals surface area contributed by atoms with Crippen LogP contribution in [0.4, 0.5) is 0 Å². The lowest BCUT2D eigenvalue weighted by Gasteiger charge is -2.18. The first-order valence-corrected chi connectivity index (χ1v) is 5.17. The first-order chi connectivity index (χ1) is 6.10. The smallest absolute Gasteiger partial charge is 0.198 e. The molecule has 0 aromatic carbocycles. The van der Waals surface area contributed by atoms with Gasteiger partial charge in [-0.15, -0.1) is 0 Å². The van der Waals surface area contributed by atoms with Crippen molar-refractivity contribution in [3.8, 4) is 0 Å². The highest BCUT2D eigenvalue weighted by atomic mass is 35.5. The molecule has 1 N–H and O–H groups in total. The monoisotopic (exact) mass is 225 g/mol. The van der Waals surface area contributed by atoms with E-state index in [4.69, 9.17) is 27.9 Å². The van der Waals surface area contributed by atoms with Crippen molar-refractivity contribution in [2.45, 2.75) is 26.3 Å². The van der Waals surface area contributed by atoms with Crippen molar-refractivity contribution < 1.29 is 4.74 Å². The Morgan fingerprint density at radius 3 is 2.54 bits per heavy atom. The molecule has 0 aliphatic carbocycles. The first kappa shape index (κ1) is 13.1. The van der Waals surface area contributed by atoms with Crippen molar-refractivity contribution in [1.29, 1.82) is 0 Å². The minimum absolute atomic E-state index is 0.241. The predicted molar refractivity (Wildman–Crippen MR) is 58.0 cm³/mol. The molecule has 0 amide bonds. The Kier molecular flexibility index (Phi) is 7.53. The van der Waals surface area contributed by atoms with Crippen molar-refractivity contribution in [3.63, 3.8) is 0 Å². The molecule has 2 nitrogen and oxygen atoms in total. The molecule has 0 rings (SSSR count). The van der Waals surface area contributed by atoms with Gasteiger partial charge in [0.25, 0.3) is 0 Å². The van der Waals surface area contributed by atoms with Crippen LogP contribution in [0.1, 0.15) is 20.3 Å². The van der Waals surface area contributed by atoms with Crippen LogP contribution in [0.25, 0.3) is 0 Å². The molecule has 0 saturated carbocycles. The maximum absolute atomic E-state index is 5.58. The van der Waals surface area contributed by atoms with Gasteiger partial charge in [0, 0.05) is 6.04 Å². The summed E-state index contributed by atoms with van der Waals surface area (Å²) >= 11 is 10.9. The quantitative estimate of drug-likeness (QED) is 0.703. The Morgan fingerprint density at radius 2 is 2.15 bits per heavy atom. The van der Waals surface area contributed by atoms with Gasteiger partial charge in [0.1, 0.15) is 6.61 Å². The van der Waals surface area contributed by atoms with Crippen LogP contribution >= 0.6 is 23.2 Å². The zero-order valence-corrected chi connectivity index (χ0v) is 9.82. The molecule has 0 saturated heterocycles. The minimum atomic E-state index is 0.241. The van der Waals surface area contributed by atoms with E-state index in [-0.39, 0.29) is 5.22 Å². The number of ether oxygens (including phenoxy) is 1. The number of hydrogen-bond acceptors (Lipinski definition) is 2. The molecule has 0 aliphatic rings. The van der Waals surface area contributed by atoms with E-state index in [9.17, 15) is 0 Å². The number of rotatable bonds is 6. The SMILES string of the molecule is CN[C@H](CO/C(Cl)=C\Cl)CC(C)C. The molecule has 1 atom stereocenters. The zero-order valence-electron chi connectivity index (χ0n) is 8.31. The molecule has 0 aliphatic heterocycles. The van der Waals surface area contributed by atoms with Crippen LogP contribution in [0.15, 0.2) is 10.8 Å². The average Bonchev–Trinajstić information content (AvgIpc) is 2.10. The Labute approximate surface area is 90.2 Å². The lowest BCUT2D eigenvalue weighted by atomic mass is 10.0. The molecular formula is C9H17Cl2NO. The van der Waals surface area contributed by atoms with Crippen LogP contribution in [0.5, 0.6) is 0 Å². The van der Waals surface area contributed by atoms with Crippen LogP contribution in [-0.4, -0.2) is 19.7 Å². The van der Waals surface area contributed by atoms with Gasteiger partial charge in [-0.05, 0) is 31.0 Å². The maximum atomic E-state index is 5.58. The standard InChI is InChI=1S/C9H17Cl2NO/c1-7(2)4-8(12-3)6-13-9(11)5-10/h5,7-8,12H,4,6H2,1-3H3/b9-5-/t8-/m0/s1. The average molecular weight is 226 g/mol. The van der Waals surface area contributed by atoms with Crippen molar-refractivity contribution in [2.24, 2.45) is 5.92 Å². The van der Waals surface area contributed by atoms with Crippen LogP contribution < -0.4 is 5.32 Å². The molecular weight excluding hydrogens is 209 g/mol. The highest BCUT2D eigenvalue weighted by Crippen LogP contribution is 2.09. The van der Waals surface area contributed by atoms with Gasteiger partial charge in [-0.1, -0.05) is 25.4 Å². The molecule has 0 spiro atoms. The first-order valence-electron chi connectivity index (χ1n) is 4.36. The second-order valence-corrected chi connectivity index (χ2v) is 3.93. The van der Waals surface area contributed by atoms with E-state index in [2.05, 4.69) is 19.2 Å². The molecule has 0 aromatic heterocycles. The van der Waals surface area contributed by atoms with Crippen LogP contribution in [0.2, 0.25) is 0 Å². The summed E-state index contributed by atoms with van der Waals surface area (Å²) in [6.07, 6.45) is 1.06. The molecule has 13 heavy (non-hydrogen) atoms. The van der Waals surface area contributed by atoms with E-state index < -0.39 is 0 Å². The molecule has 0 bridgehead atoms. The second-order valence-electron chi connectivity index (χ2n) is 3.34. The largest absolute Gasteiger partial charge is 0.481 e. The van der Waals surface area contributed by atoms with Crippen molar-refractivity contribution in [3.05, 3.63) is 10.8 Å². The summed E-state index contributed by atoms with van der Waals surface area (Å²) in [5, 5.41) is 3.40. The number of halogens is 2. The Balaban J connectivity index is 3.72. The Morgan fingerprint density at radius 1 is 1.54 bits per heavy atom. The van der Waals surface area contributed by atoms with Crippen molar-refractivity contribution >= 4 is 23.2 Å². The van der Waals surface area contributed by atoms with E-state index in [1.165, 1.54) is 5.54 Å².